The number of ether oxygens (including phenoxy) is 1. The number of nitrogens with two attached hydrogens (primary N) is 1. The zero-order valence-electron chi connectivity index (χ0n) is 13.7. The molecule has 1 unspecified atom stereocenters. The molecule has 2 rings (SSSR count). The molecule has 0 aliphatic carbocycles. The van der Waals surface area contributed by atoms with Gasteiger partial charge >= 0.3 is 0 Å². The Hall–Kier alpha value is -1.47. The first-order chi connectivity index (χ1) is 11.1. The summed E-state index contributed by atoms with van der Waals surface area (Å²) in [6.45, 7) is 3.34. The molecule has 1 aromatic carbocycles. The molecule has 0 aromatic heterocycles. The minimum atomic E-state index is -0.666. The van der Waals surface area contributed by atoms with E-state index < -0.39 is 6.04 Å². The third kappa shape index (κ3) is 5.58. The monoisotopic (exact) mass is 321 g/mol. The predicted molar refractivity (Wildman–Crippen MR) is 90.0 cm³/mol. The number of carbonyl (C=O) groups excluding carboxylic acids is 1. The molecule has 1 fully saturated rings. The van der Waals surface area contributed by atoms with Crippen LogP contribution in [-0.2, 0) is 16.1 Å². The second kappa shape index (κ2) is 8.98. The number of hydrogen-bond acceptors (Lipinski definition) is 5. The SMILES string of the molecule is COCC(N)C(=O)Nc1cccc(CN2CCC(CO)CC2)c1. The van der Waals surface area contributed by atoms with Crippen LogP contribution in [0.2, 0.25) is 0 Å². The van der Waals surface area contributed by atoms with E-state index in [2.05, 4.69) is 16.3 Å². The molecule has 1 atom stereocenters. The molecule has 0 saturated carbocycles. The summed E-state index contributed by atoms with van der Waals surface area (Å²) in [6, 6.07) is 7.17. The molecular formula is C17H27N3O3. The molecule has 128 valence electrons. The van der Waals surface area contributed by atoms with Crippen LogP contribution >= 0.6 is 0 Å². The number of aliphatic hydroxyl groups excluding tert-OH is 1. The van der Waals surface area contributed by atoms with Crippen molar-refractivity contribution in [1.82, 2.24) is 4.90 Å². The zero-order valence-corrected chi connectivity index (χ0v) is 13.7. The maximum Gasteiger partial charge on any atom is 0.243 e. The Morgan fingerprint density at radius 1 is 1.48 bits per heavy atom. The van der Waals surface area contributed by atoms with Gasteiger partial charge in [0.25, 0.3) is 0 Å². The van der Waals surface area contributed by atoms with E-state index in [9.17, 15) is 9.90 Å². The van der Waals surface area contributed by atoms with Gasteiger partial charge in [-0.15, -0.1) is 0 Å². The lowest BCUT2D eigenvalue weighted by atomic mass is 9.97. The lowest BCUT2D eigenvalue weighted by Crippen LogP contribution is -2.39. The summed E-state index contributed by atoms with van der Waals surface area (Å²) in [4.78, 5) is 14.3. The summed E-state index contributed by atoms with van der Waals surface area (Å²) < 4.78 is 4.89. The van der Waals surface area contributed by atoms with Gasteiger partial charge in [0.15, 0.2) is 0 Å². The number of aliphatic hydroxyl groups is 1. The summed E-state index contributed by atoms with van der Waals surface area (Å²) in [5.41, 5.74) is 7.64. The van der Waals surface area contributed by atoms with Gasteiger partial charge in [0.1, 0.15) is 6.04 Å². The van der Waals surface area contributed by atoms with E-state index in [1.165, 1.54) is 7.11 Å². The zero-order chi connectivity index (χ0) is 16.7. The molecule has 1 aliphatic heterocycles. The number of hydrogen-bond donors (Lipinski definition) is 3. The summed E-state index contributed by atoms with van der Waals surface area (Å²) in [5, 5.41) is 12.0. The van der Waals surface area contributed by atoms with E-state index in [-0.39, 0.29) is 19.1 Å². The molecule has 1 aromatic rings. The first-order valence-electron chi connectivity index (χ1n) is 8.10. The number of benzene rings is 1. The van der Waals surface area contributed by atoms with Crippen LogP contribution in [0.1, 0.15) is 18.4 Å². The summed E-state index contributed by atoms with van der Waals surface area (Å²) in [7, 11) is 1.52. The van der Waals surface area contributed by atoms with Gasteiger partial charge in [-0.05, 0) is 49.5 Å². The maximum absolute atomic E-state index is 11.9. The Morgan fingerprint density at radius 3 is 2.87 bits per heavy atom. The number of amides is 1. The second-order valence-corrected chi connectivity index (χ2v) is 6.15. The highest BCUT2D eigenvalue weighted by Gasteiger charge is 2.18. The number of piperidine rings is 1. The Morgan fingerprint density at radius 2 is 2.22 bits per heavy atom. The lowest BCUT2D eigenvalue weighted by Gasteiger charge is -2.31. The van der Waals surface area contributed by atoms with E-state index >= 15 is 0 Å². The molecule has 1 aliphatic rings. The molecule has 4 N–H and O–H groups in total. The fourth-order valence-corrected chi connectivity index (χ4v) is 2.82. The van der Waals surface area contributed by atoms with Crippen LogP contribution in [0.3, 0.4) is 0 Å². The van der Waals surface area contributed by atoms with Crippen LogP contribution < -0.4 is 11.1 Å². The van der Waals surface area contributed by atoms with E-state index in [1.54, 1.807) is 0 Å². The Bertz CT molecular complexity index is 502. The Balaban J connectivity index is 1.88. The van der Waals surface area contributed by atoms with Crippen molar-refractivity contribution in [2.24, 2.45) is 11.7 Å². The van der Waals surface area contributed by atoms with Crippen LogP contribution in [-0.4, -0.2) is 55.4 Å². The van der Waals surface area contributed by atoms with Crippen LogP contribution in [0.4, 0.5) is 5.69 Å². The number of nitrogens with zero attached hydrogens (tertiary/aromatic N) is 1. The smallest absolute Gasteiger partial charge is 0.243 e. The quantitative estimate of drug-likeness (QED) is 0.691. The largest absolute Gasteiger partial charge is 0.396 e. The Labute approximate surface area is 137 Å². The van der Waals surface area contributed by atoms with Crippen molar-refractivity contribution in [3.63, 3.8) is 0 Å². The third-order valence-corrected chi connectivity index (χ3v) is 4.25. The van der Waals surface area contributed by atoms with E-state index in [0.29, 0.717) is 5.92 Å². The lowest BCUT2D eigenvalue weighted by molar-refractivity contribution is -0.118. The van der Waals surface area contributed by atoms with Crippen molar-refractivity contribution in [3.05, 3.63) is 29.8 Å². The van der Waals surface area contributed by atoms with Gasteiger partial charge < -0.3 is 20.9 Å². The van der Waals surface area contributed by atoms with Gasteiger partial charge in [-0.25, -0.2) is 0 Å². The standard InChI is InChI=1S/C17H27N3O3/c1-23-12-16(18)17(22)19-15-4-2-3-14(9-15)10-20-7-5-13(11-21)6-8-20/h2-4,9,13,16,21H,5-8,10-12,18H2,1H3,(H,19,22). The number of methoxy groups -OCH3 is 1. The molecule has 1 amide bonds. The Kier molecular flexibility index (Phi) is 6.98. The van der Waals surface area contributed by atoms with Crippen molar-refractivity contribution in [2.45, 2.75) is 25.4 Å². The van der Waals surface area contributed by atoms with E-state index in [4.69, 9.17) is 10.5 Å². The normalized spacial score (nSPS) is 17.9. The van der Waals surface area contributed by atoms with Gasteiger partial charge in [-0.1, -0.05) is 12.1 Å². The van der Waals surface area contributed by atoms with Crippen molar-refractivity contribution in [1.29, 1.82) is 0 Å². The second-order valence-electron chi connectivity index (χ2n) is 6.15. The topological polar surface area (TPSA) is 87.8 Å². The van der Waals surface area contributed by atoms with Gasteiger partial charge in [-0.3, -0.25) is 9.69 Å². The molecule has 6 heteroatoms. The molecule has 0 radical (unpaired) electrons. The van der Waals surface area contributed by atoms with Gasteiger partial charge in [0.05, 0.1) is 6.61 Å². The molecule has 1 saturated heterocycles. The van der Waals surface area contributed by atoms with Crippen molar-refractivity contribution in [3.8, 4) is 0 Å². The maximum atomic E-state index is 11.9. The molecule has 0 spiro atoms. The van der Waals surface area contributed by atoms with Crippen LogP contribution in [0.15, 0.2) is 24.3 Å². The molecule has 1 heterocycles. The molecule has 0 bridgehead atoms. The predicted octanol–water partition coefficient (Wildman–Crippen LogP) is 0.803. The first-order valence-corrected chi connectivity index (χ1v) is 8.10. The molecule has 23 heavy (non-hydrogen) atoms. The van der Waals surface area contributed by atoms with E-state index in [1.807, 2.05) is 18.2 Å². The minimum Gasteiger partial charge on any atom is -0.396 e. The molecular weight excluding hydrogens is 294 g/mol. The third-order valence-electron chi connectivity index (χ3n) is 4.25. The van der Waals surface area contributed by atoms with Gasteiger partial charge in [0, 0.05) is 25.9 Å². The number of nitrogens with one attached hydrogen (secondary N) is 1. The van der Waals surface area contributed by atoms with Gasteiger partial charge in [0.2, 0.25) is 5.91 Å². The average Bonchev–Trinajstić information content (AvgIpc) is 2.56. The van der Waals surface area contributed by atoms with Crippen molar-refractivity contribution < 1.29 is 14.6 Å². The van der Waals surface area contributed by atoms with Crippen LogP contribution in [0, 0.1) is 5.92 Å². The summed E-state index contributed by atoms with van der Waals surface area (Å²) >= 11 is 0. The number of likely N-dealkylation sites (tertiary alicyclic amines) is 1. The van der Waals surface area contributed by atoms with Crippen LogP contribution in [0.25, 0.3) is 0 Å². The fraction of sp³-hybridized carbons (Fsp3) is 0.588. The fourth-order valence-electron chi connectivity index (χ4n) is 2.82. The average molecular weight is 321 g/mol. The van der Waals surface area contributed by atoms with Crippen LogP contribution in [0.5, 0.6) is 0 Å². The van der Waals surface area contributed by atoms with Crippen molar-refractivity contribution >= 4 is 11.6 Å². The summed E-state index contributed by atoms with van der Waals surface area (Å²) in [6.07, 6.45) is 2.08. The highest BCUT2D eigenvalue weighted by atomic mass is 16.5. The number of rotatable bonds is 7. The number of anilines is 1. The highest BCUT2D eigenvalue weighted by Crippen LogP contribution is 2.19. The highest BCUT2D eigenvalue weighted by molar-refractivity contribution is 5.94. The van der Waals surface area contributed by atoms with Gasteiger partial charge in [-0.2, -0.15) is 0 Å². The van der Waals surface area contributed by atoms with Crippen molar-refractivity contribution in [2.75, 3.05) is 38.7 Å². The molecule has 6 nitrogen and oxygen atoms in total. The van der Waals surface area contributed by atoms with E-state index in [0.717, 1.165) is 43.7 Å². The summed E-state index contributed by atoms with van der Waals surface area (Å²) in [5.74, 6) is 0.201. The number of carbonyl (C=O) groups is 1. The minimum absolute atomic E-state index is 0.200. The first kappa shape index (κ1) is 17.9.